The summed E-state index contributed by atoms with van der Waals surface area (Å²) in [6.45, 7) is 1.97. The first kappa shape index (κ1) is 17.9. The minimum atomic E-state index is -0.867. The summed E-state index contributed by atoms with van der Waals surface area (Å²) in [6.07, 6.45) is 3.48. The average molecular weight is 289 g/mol. The molecular formula is C11H21N4O3S. The van der Waals surface area contributed by atoms with Crippen LogP contribution in [0.4, 0.5) is 0 Å². The minimum Gasteiger partial charge on any atom is -0.330 e. The third-order valence-electron chi connectivity index (χ3n) is 2.40. The Morgan fingerprint density at radius 2 is 2.05 bits per heavy atom. The van der Waals surface area contributed by atoms with Crippen LogP contribution >= 0.6 is 12.6 Å². The van der Waals surface area contributed by atoms with Gasteiger partial charge in [-0.3, -0.25) is 19.8 Å². The molecule has 0 unspecified atom stereocenters. The number of hydrogen-bond acceptors (Lipinski definition) is 6. The zero-order valence-corrected chi connectivity index (χ0v) is 11.9. The molecule has 0 aromatic carbocycles. The molecule has 8 heteroatoms. The predicted molar refractivity (Wildman–Crippen MR) is 74.9 cm³/mol. The van der Waals surface area contributed by atoms with Crippen LogP contribution in [0.15, 0.2) is 0 Å². The van der Waals surface area contributed by atoms with Gasteiger partial charge >= 0.3 is 0 Å². The molecule has 2 amide bonds. The average Bonchev–Trinajstić information content (AvgIpc) is 2.40. The third-order valence-corrected chi connectivity index (χ3v) is 2.68. The Labute approximate surface area is 118 Å². The van der Waals surface area contributed by atoms with Crippen molar-refractivity contribution in [3.05, 3.63) is 0 Å². The topological polar surface area (TPSA) is 119 Å². The number of rotatable bonds is 8. The van der Waals surface area contributed by atoms with Crippen LogP contribution in [-0.2, 0) is 14.4 Å². The molecule has 0 bridgehead atoms. The monoisotopic (exact) mass is 289 g/mol. The van der Waals surface area contributed by atoms with Gasteiger partial charge in [0.05, 0.1) is 11.8 Å². The summed E-state index contributed by atoms with van der Waals surface area (Å²) in [5.74, 6) is -1.13. The number of nitrogens with one attached hydrogen (secondary N) is 1. The van der Waals surface area contributed by atoms with Crippen LogP contribution in [0.1, 0.15) is 26.2 Å². The smallest absolute Gasteiger partial charge is 0.258 e. The highest BCUT2D eigenvalue weighted by Gasteiger charge is 2.27. The number of carbonyl (C=O) groups is 2. The summed E-state index contributed by atoms with van der Waals surface area (Å²) in [6, 6.07) is -1.69. The van der Waals surface area contributed by atoms with Gasteiger partial charge in [-0.15, -0.1) is 0 Å². The van der Waals surface area contributed by atoms with Gasteiger partial charge in [-0.25, -0.2) is 5.01 Å². The molecule has 0 heterocycles. The van der Waals surface area contributed by atoms with Crippen molar-refractivity contribution < 1.29 is 14.4 Å². The lowest BCUT2D eigenvalue weighted by molar-refractivity contribution is -0.142. The molecule has 0 aliphatic carbocycles. The molecular weight excluding hydrogens is 268 g/mol. The van der Waals surface area contributed by atoms with Crippen molar-refractivity contribution in [1.82, 2.24) is 10.4 Å². The summed E-state index contributed by atoms with van der Waals surface area (Å²) in [5.41, 5.74) is 13.2. The van der Waals surface area contributed by atoms with E-state index >= 15 is 0 Å². The van der Waals surface area contributed by atoms with Gasteiger partial charge in [-0.2, -0.15) is 12.6 Å². The van der Waals surface area contributed by atoms with Gasteiger partial charge in [-0.05, 0) is 32.7 Å². The highest BCUT2D eigenvalue weighted by atomic mass is 32.1. The Bertz CT molecular complexity index is 312. The standard InChI is InChI=1S/C11H21N4O3S/c1-8(13)11(18)15(14-10(17)7-19)9(6-16)4-2-3-5-12/h8-9,19H,2-5,7,12-13H2,1H3,(H,14,17)/t8-,9-/m0/s1. The number of nitrogens with two attached hydrogens (primary N) is 2. The Hall–Kier alpha value is -1.12. The highest BCUT2D eigenvalue weighted by molar-refractivity contribution is 7.81. The van der Waals surface area contributed by atoms with Crippen LogP contribution in [0.2, 0.25) is 0 Å². The second-order valence-corrected chi connectivity index (χ2v) is 4.42. The summed E-state index contributed by atoms with van der Waals surface area (Å²) >= 11 is 3.80. The number of amides is 2. The molecule has 1 radical (unpaired) electrons. The fourth-order valence-corrected chi connectivity index (χ4v) is 1.47. The number of carbonyl (C=O) groups excluding carboxylic acids is 3. The number of thiol groups is 1. The van der Waals surface area contributed by atoms with Crippen molar-refractivity contribution >= 4 is 30.7 Å². The van der Waals surface area contributed by atoms with Crippen molar-refractivity contribution in [2.75, 3.05) is 12.3 Å². The molecule has 0 rings (SSSR count). The normalized spacial score (nSPS) is 13.5. The molecule has 0 saturated carbocycles. The van der Waals surface area contributed by atoms with Crippen molar-refractivity contribution in [3.63, 3.8) is 0 Å². The zero-order chi connectivity index (χ0) is 14.8. The van der Waals surface area contributed by atoms with Crippen LogP contribution in [0.3, 0.4) is 0 Å². The van der Waals surface area contributed by atoms with Gasteiger partial charge in [-0.1, -0.05) is 0 Å². The van der Waals surface area contributed by atoms with E-state index in [2.05, 4.69) is 18.1 Å². The lowest BCUT2D eigenvalue weighted by Gasteiger charge is -2.29. The number of nitrogens with zero attached hydrogens (tertiary/aromatic N) is 1. The molecule has 0 fully saturated rings. The van der Waals surface area contributed by atoms with E-state index in [4.69, 9.17) is 11.5 Å². The fraction of sp³-hybridized carbons (Fsp3) is 0.727. The number of hydrogen-bond donors (Lipinski definition) is 4. The van der Waals surface area contributed by atoms with Crippen molar-refractivity contribution in [1.29, 1.82) is 0 Å². The number of unbranched alkanes of at least 4 members (excludes halogenated alkanes) is 1. The fourth-order valence-electron chi connectivity index (χ4n) is 1.40. The Morgan fingerprint density at radius 3 is 2.47 bits per heavy atom. The van der Waals surface area contributed by atoms with Crippen LogP contribution in [0.25, 0.3) is 0 Å². The molecule has 0 spiro atoms. The molecule has 19 heavy (non-hydrogen) atoms. The maximum Gasteiger partial charge on any atom is 0.258 e. The first-order valence-corrected chi connectivity index (χ1v) is 6.67. The van der Waals surface area contributed by atoms with Gasteiger partial charge in [0, 0.05) is 0 Å². The first-order chi connectivity index (χ1) is 8.97. The molecule has 0 aliphatic rings. The maximum atomic E-state index is 11.9. The number of hydrazine groups is 1. The molecule has 0 aliphatic heterocycles. The Balaban J connectivity index is 4.80. The Morgan fingerprint density at radius 1 is 1.42 bits per heavy atom. The van der Waals surface area contributed by atoms with Gasteiger partial charge in [0.25, 0.3) is 5.91 Å². The molecule has 0 aromatic rings. The molecule has 5 N–H and O–H groups in total. The van der Waals surface area contributed by atoms with Crippen molar-refractivity contribution in [2.24, 2.45) is 11.5 Å². The molecule has 7 nitrogen and oxygen atoms in total. The van der Waals surface area contributed by atoms with Crippen LogP contribution < -0.4 is 16.9 Å². The van der Waals surface area contributed by atoms with Crippen molar-refractivity contribution in [2.45, 2.75) is 38.3 Å². The van der Waals surface area contributed by atoms with Gasteiger partial charge in [0.2, 0.25) is 12.2 Å². The van der Waals surface area contributed by atoms with Crippen LogP contribution in [-0.4, -0.2) is 47.5 Å². The van der Waals surface area contributed by atoms with E-state index in [0.717, 1.165) is 11.4 Å². The molecule has 0 saturated heterocycles. The Kier molecular flexibility index (Phi) is 9.19. The molecule has 0 aromatic heterocycles. The lowest BCUT2D eigenvalue weighted by Crippen LogP contribution is -2.57. The van der Waals surface area contributed by atoms with Gasteiger partial charge < -0.3 is 11.5 Å². The van der Waals surface area contributed by atoms with Gasteiger partial charge in [0.1, 0.15) is 6.04 Å². The molecule has 2 atom stereocenters. The van der Waals surface area contributed by atoms with E-state index in [1.807, 2.05) is 0 Å². The second kappa shape index (κ2) is 9.76. The summed E-state index contributed by atoms with van der Waals surface area (Å²) < 4.78 is 0. The van der Waals surface area contributed by atoms with E-state index in [1.54, 1.807) is 6.29 Å². The van der Waals surface area contributed by atoms with E-state index in [9.17, 15) is 14.4 Å². The van der Waals surface area contributed by atoms with Gasteiger partial charge in [0.15, 0.2) is 0 Å². The van der Waals surface area contributed by atoms with Crippen LogP contribution in [0.5, 0.6) is 0 Å². The quantitative estimate of drug-likeness (QED) is 0.252. The summed E-state index contributed by atoms with van der Waals surface area (Å²) in [7, 11) is 0. The minimum absolute atomic E-state index is 0.100. The van der Waals surface area contributed by atoms with E-state index in [0.29, 0.717) is 19.4 Å². The largest absolute Gasteiger partial charge is 0.330 e. The SMILES string of the molecule is C[C@H](N)C(=O)N(NC(=O)CS)[C@H]([C]=O)CCCCN. The van der Waals surface area contributed by atoms with Crippen molar-refractivity contribution in [3.8, 4) is 0 Å². The highest BCUT2D eigenvalue weighted by Crippen LogP contribution is 2.06. The predicted octanol–water partition coefficient (Wildman–Crippen LogP) is -1.27. The van der Waals surface area contributed by atoms with E-state index in [1.165, 1.54) is 6.92 Å². The zero-order valence-electron chi connectivity index (χ0n) is 11.0. The third kappa shape index (κ3) is 6.55. The summed E-state index contributed by atoms with van der Waals surface area (Å²) in [4.78, 5) is 34.2. The molecule has 109 valence electrons. The lowest BCUT2D eigenvalue weighted by atomic mass is 10.1. The first-order valence-electron chi connectivity index (χ1n) is 6.04. The maximum absolute atomic E-state index is 11.9. The van der Waals surface area contributed by atoms with E-state index < -0.39 is 23.9 Å². The second-order valence-electron chi connectivity index (χ2n) is 4.11. The van der Waals surface area contributed by atoms with E-state index in [-0.39, 0.29) is 5.75 Å². The summed E-state index contributed by atoms with van der Waals surface area (Å²) in [5, 5.41) is 0.937. The van der Waals surface area contributed by atoms with Crippen LogP contribution in [0, 0.1) is 0 Å².